The second-order valence-electron chi connectivity index (χ2n) is 21.4. The van der Waals surface area contributed by atoms with Gasteiger partial charge in [0, 0.05) is 70.3 Å². The zero-order chi connectivity index (χ0) is 55.7. The zero-order valence-electron chi connectivity index (χ0n) is 47.2. The Morgan fingerprint density at radius 2 is 0.593 bits per heavy atom. The minimum absolute atomic E-state index is 0. The maximum atomic E-state index is 5.74. The van der Waals surface area contributed by atoms with E-state index in [1.54, 1.807) is 0 Å². The molecule has 9 heteroatoms. The Balaban J connectivity index is 0.000000155. The van der Waals surface area contributed by atoms with Crippen LogP contribution in [-0.2, 0) is 0 Å². The first-order valence-corrected chi connectivity index (χ1v) is 35.5. The van der Waals surface area contributed by atoms with Crippen LogP contribution in [0.2, 0.25) is 26.2 Å². The normalized spacial score (nSPS) is 11.6. The molecule has 0 amide bonds. The van der Waals surface area contributed by atoms with E-state index in [-0.39, 0.29) is 18.9 Å². The Morgan fingerprint density at radius 1 is 0.395 bits per heavy atom. The standard InChI is InChI=1S/C34H28N2Si.C30H19BrN2.C4H9ClSi.C4H9.Li/c1-4-37(2,3)26-22-24(35-31-17-9-5-13-27(31)28-14-6-10-18-32(28)35)21-25(23-26)36-33-19-11-7-15-29(33)30-16-8-12-20-34(30)36;31-20-17-21(32-27-13-5-1-9-23(27)24-10-2-6-14-28(24)32)19-22(18-20)33-29-15-7-3-11-25(29)26-12-4-8-16-30(26)33;1-4-6(2,3)5;1-3-4-2;/h4-23H,1H2,2-3H3;1-19H;4H,1H2,2-3H3;1,3-4H2,2H3;/q;;;-1;+1. The van der Waals surface area contributed by atoms with Gasteiger partial charge in [-0.25, -0.2) is 0 Å². The van der Waals surface area contributed by atoms with Crippen molar-refractivity contribution in [2.75, 3.05) is 0 Å². The van der Waals surface area contributed by atoms with E-state index in [0.717, 1.165) is 22.3 Å². The fourth-order valence-corrected chi connectivity index (χ4v) is 12.7. The monoisotopic (exact) mass is 1160 g/mol. The summed E-state index contributed by atoms with van der Waals surface area (Å²) in [5.41, 5.74) is 18.5. The SMILES string of the molecule is Brc1cc(-n2c3ccccc3c3ccccc32)cc(-n2c3ccccc3c3ccccc32)c1.C=C[Si](C)(C)Cl.C=C[Si](C)(C)c1cc(-n2c3ccccc3c3ccccc32)cc(-n2c3ccccc3c3ccccc32)c1.[CH2-]CCC.[Li+]. The Hall–Kier alpha value is -7.32. The van der Waals surface area contributed by atoms with Gasteiger partial charge in [0.1, 0.15) is 8.07 Å². The van der Waals surface area contributed by atoms with Gasteiger partial charge in [-0.15, -0.1) is 13.2 Å². The van der Waals surface area contributed by atoms with Crippen molar-refractivity contribution in [3.63, 3.8) is 0 Å². The third-order valence-corrected chi connectivity index (χ3v) is 19.9. The number of unbranched alkanes of at least 4 members (excludes halogenated alkanes) is 1. The number of hydrogen-bond acceptors (Lipinski definition) is 0. The van der Waals surface area contributed by atoms with Crippen molar-refractivity contribution in [3.05, 3.63) is 266 Å². The van der Waals surface area contributed by atoms with Crippen molar-refractivity contribution in [1.82, 2.24) is 18.3 Å². The van der Waals surface area contributed by atoms with Gasteiger partial charge in [0.05, 0.1) is 44.1 Å². The molecule has 0 N–H and O–H groups in total. The molecule has 14 aromatic rings. The molecule has 0 aliphatic rings. The molecule has 14 rings (SSSR count). The summed E-state index contributed by atoms with van der Waals surface area (Å²) in [4.78, 5) is 0. The summed E-state index contributed by atoms with van der Waals surface area (Å²) < 4.78 is 10.6. The summed E-state index contributed by atoms with van der Waals surface area (Å²) in [6.07, 6.45) is 2.28. The van der Waals surface area contributed by atoms with Crippen LogP contribution in [0.5, 0.6) is 0 Å². The Kier molecular flexibility index (Phi) is 16.9. The summed E-state index contributed by atoms with van der Waals surface area (Å²) in [5.74, 6) is 0. The fraction of sp³-hybridized carbons (Fsp3) is 0.0972. The van der Waals surface area contributed by atoms with Crippen LogP contribution in [0, 0.1) is 6.92 Å². The van der Waals surface area contributed by atoms with Crippen LogP contribution in [0.25, 0.3) is 110 Å². The number of aromatic nitrogens is 4. The van der Waals surface area contributed by atoms with Gasteiger partial charge in [-0.1, -0.05) is 218 Å². The number of halogens is 2. The van der Waals surface area contributed by atoms with Gasteiger partial charge in [-0.3, -0.25) is 0 Å². The molecule has 0 saturated heterocycles. The fourth-order valence-electron chi connectivity index (χ4n) is 11.0. The second-order valence-corrected chi connectivity index (χ2v) is 33.2. The maximum absolute atomic E-state index is 5.74. The third kappa shape index (κ3) is 11.0. The van der Waals surface area contributed by atoms with Crippen LogP contribution in [0.3, 0.4) is 0 Å². The van der Waals surface area contributed by atoms with E-state index in [2.05, 4.69) is 311 Å². The van der Waals surface area contributed by atoms with Gasteiger partial charge in [0.15, 0.2) is 7.38 Å². The summed E-state index contributed by atoms with van der Waals surface area (Å²) in [5, 5.41) is 11.6. The molecule has 0 aliphatic carbocycles. The molecule has 10 aromatic carbocycles. The third-order valence-electron chi connectivity index (χ3n) is 15.2. The summed E-state index contributed by atoms with van der Waals surface area (Å²) >= 11 is 9.55. The summed E-state index contributed by atoms with van der Waals surface area (Å²) in [6.45, 7) is 22.3. The molecule has 0 spiro atoms. The number of rotatable bonds is 8. The molecule has 0 unspecified atom stereocenters. The number of benzene rings is 10. The van der Waals surface area contributed by atoms with E-state index in [1.165, 1.54) is 110 Å². The second kappa shape index (κ2) is 24.0. The molecule has 0 atom stereocenters. The van der Waals surface area contributed by atoms with Crippen molar-refractivity contribution in [1.29, 1.82) is 0 Å². The maximum Gasteiger partial charge on any atom is 1.00 e. The molecule has 81 heavy (non-hydrogen) atoms. The minimum atomic E-state index is -1.87. The number of hydrogen-bond donors (Lipinski definition) is 0. The van der Waals surface area contributed by atoms with Gasteiger partial charge >= 0.3 is 18.9 Å². The first-order valence-electron chi connectivity index (χ1n) is 27.5. The van der Waals surface area contributed by atoms with Crippen molar-refractivity contribution in [2.24, 2.45) is 0 Å². The van der Waals surface area contributed by atoms with E-state index in [9.17, 15) is 0 Å². The first-order chi connectivity index (χ1) is 38.8. The van der Waals surface area contributed by atoms with Gasteiger partial charge in [0.2, 0.25) is 0 Å². The minimum Gasteiger partial charge on any atom is -0.343 e. The molecule has 4 nitrogen and oxygen atoms in total. The molecule has 0 bridgehead atoms. The Labute approximate surface area is 503 Å². The largest absolute Gasteiger partial charge is 1.00 e. The molecule has 0 saturated carbocycles. The Bertz CT molecular complexity index is 4130. The Morgan fingerprint density at radius 3 is 0.778 bits per heavy atom. The van der Waals surface area contributed by atoms with Crippen LogP contribution in [-0.4, -0.2) is 33.7 Å². The molecular weight excluding hydrogens is 1100 g/mol. The predicted octanol–water partition coefficient (Wildman–Crippen LogP) is 17.9. The molecular formula is C72H65BrClLiN4Si2. The average molecular weight is 1160 g/mol. The van der Waals surface area contributed by atoms with Crippen molar-refractivity contribution in [2.45, 2.75) is 46.0 Å². The summed E-state index contributed by atoms with van der Waals surface area (Å²) in [6, 6.07) is 83.3. The molecule has 0 radical (unpaired) electrons. The average Bonchev–Trinajstić information content (AvgIpc) is 4.41. The molecule has 0 fully saturated rings. The number of fused-ring (bicyclic) bond motifs is 12. The van der Waals surface area contributed by atoms with Crippen LogP contribution >= 0.6 is 27.0 Å². The smallest absolute Gasteiger partial charge is 0.343 e. The van der Waals surface area contributed by atoms with Crippen molar-refractivity contribution >= 4 is 135 Å². The van der Waals surface area contributed by atoms with Gasteiger partial charge in [0.25, 0.3) is 0 Å². The number of nitrogens with zero attached hydrogens (tertiary/aromatic N) is 4. The van der Waals surface area contributed by atoms with Crippen LogP contribution < -0.4 is 24.0 Å². The summed E-state index contributed by atoms with van der Waals surface area (Å²) in [7, 11) is -3.27. The molecule has 4 aromatic heterocycles. The molecule has 0 aliphatic heterocycles. The number of para-hydroxylation sites is 8. The van der Waals surface area contributed by atoms with E-state index in [4.69, 9.17) is 11.1 Å². The quantitative estimate of drug-likeness (QED) is 0.0821. The van der Waals surface area contributed by atoms with Crippen LogP contribution in [0.4, 0.5) is 0 Å². The van der Waals surface area contributed by atoms with Gasteiger partial charge in [-0.2, -0.15) is 17.5 Å². The van der Waals surface area contributed by atoms with Crippen LogP contribution in [0.1, 0.15) is 19.8 Å². The van der Waals surface area contributed by atoms with Crippen molar-refractivity contribution in [3.8, 4) is 22.7 Å². The molecule has 396 valence electrons. The first kappa shape index (κ1) is 56.9. The van der Waals surface area contributed by atoms with E-state index >= 15 is 0 Å². The predicted molar refractivity (Wildman–Crippen MR) is 359 cm³/mol. The topological polar surface area (TPSA) is 19.7 Å². The van der Waals surface area contributed by atoms with E-state index < -0.39 is 15.5 Å². The van der Waals surface area contributed by atoms with Crippen LogP contribution in [0.15, 0.2) is 260 Å². The van der Waals surface area contributed by atoms with Crippen molar-refractivity contribution < 1.29 is 18.9 Å². The van der Waals surface area contributed by atoms with Gasteiger partial charge < -0.3 is 25.2 Å². The molecule has 4 heterocycles. The van der Waals surface area contributed by atoms with E-state index in [0.29, 0.717) is 0 Å². The van der Waals surface area contributed by atoms with Gasteiger partial charge in [-0.05, 0) is 84.9 Å². The zero-order valence-corrected chi connectivity index (χ0v) is 51.5. The van der Waals surface area contributed by atoms with E-state index in [1.807, 2.05) is 18.8 Å².